The predicted molar refractivity (Wildman–Crippen MR) is 106 cm³/mol. The van der Waals surface area contributed by atoms with Crippen LogP contribution in [0.15, 0.2) is 51.9 Å². The molecule has 1 atom stereocenters. The molecule has 1 saturated heterocycles. The number of ether oxygens (including phenoxy) is 1. The van der Waals surface area contributed by atoms with E-state index in [0.29, 0.717) is 24.4 Å². The Hall–Kier alpha value is -2.84. The van der Waals surface area contributed by atoms with Gasteiger partial charge in [0.05, 0.1) is 0 Å². The molecule has 0 radical (unpaired) electrons. The van der Waals surface area contributed by atoms with E-state index >= 15 is 0 Å². The number of rotatable bonds is 4. The molecule has 1 unspecified atom stereocenters. The zero-order chi connectivity index (χ0) is 18.8. The van der Waals surface area contributed by atoms with E-state index < -0.39 is 5.63 Å². The minimum absolute atomic E-state index is 0. The van der Waals surface area contributed by atoms with Crippen molar-refractivity contribution in [2.75, 3.05) is 26.2 Å². The van der Waals surface area contributed by atoms with Crippen LogP contribution in [-0.4, -0.2) is 46.6 Å². The highest BCUT2D eigenvalue weighted by atomic mass is 35.5. The second kappa shape index (κ2) is 8.45. The average Bonchev–Trinajstić information content (AvgIpc) is 3.11. The lowest BCUT2D eigenvalue weighted by Gasteiger charge is -2.35. The van der Waals surface area contributed by atoms with Crippen molar-refractivity contribution in [3.05, 3.63) is 59.0 Å². The van der Waals surface area contributed by atoms with Crippen LogP contribution in [0.25, 0.3) is 11.0 Å². The number of fused-ring (bicyclic) bond motifs is 1. The second-order valence-corrected chi connectivity index (χ2v) is 6.45. The zero-order valence-electron chi connectivity index (χ0n) is 15.3. The molecule has 0 bridgehead atoms. The van der Waals surface area contributed by atoms with E-state index in [1.54, 1.807) is 35.4 Å². The van der Waals surface area contributed by atoms with Crippen molar-refractivity contribution >= 4 is 29.3 Å². The van der Waals surface area contributed by atoms with Crippen LogP contribution in [0.3, 0.4) is 0 Å². The van der Waals surface area contributed by atoms with Gasteiger partial charge >= 0.3 is 5.63 Å². The molecule has 8 nitrogen and oxygen atoms in total. The van der Waals surface area contributed by atoms with E-state index in [-0.39, 0.29) is 31.0 Å². The summed E-state index contributed by atoms with van der Waals surface area (Å²) < 4.78 is 12.7. The summed E-state index contributed by atoms with van der Waals surface area (Å²) in [6.07, 6.45) is 3.60. The van der Waals surface area contributed by atoms with Crippen LogP contribution in [0.4, 0.5) is 0 Å². The summed E-state index contributed by atoms with van der Waals surface area (Å²) >= 11 is 0. The summed E-state index contributed by atoms with van der Waals surface area (Å²) in [4.78, 5) is 30.3. The van der Waals surface area contributed by atoms with Gasteiger partial charge < -0.3 is 23.9 Å². The first-order valence-electron chi connectivity index (χ1n) is 8.76. The Bertz CT molecular complexity index is 1030. The van der Waals surface area contributed by atoms with Gasteiger partial charge in [-0.2, -0.15) is 0 Å². The van der Waals surface area contributed by atoms with Gasteiger partial charge in [-0.15, -0.1) is 12.4 Å². The number of carbonyl (C=O) groups is 1. The number of piperazine rings is 1. The molecule has 0 spiro atoms. The summed E-state index contributed by atoms with van der Waals surface area (Å²) in [5.74, 6) is 1.20. The summed E-state index contributed by atoms with van der Waals surface area (Å²) in [7, 11) is 1.92. The fourth-order valence-corrected chi connectivity index (χ4v) is 3.29. The standard InChI is InChI=1S/C19H20N4O4.ClH/c1-22-8-7-21-19(22)15-11-20-6-9-23(15)17(24)12-26-14-4-2-13-3-5-18(25)27-16(13)10-14;/h2-5,7-8,10,15,20H,6,9,11-12H2,1H3;1H. The van der Waals surface area contributed by atoms with Crippen LogP contribution in [-0.2, 0) is 11.8 Å². The van der Waals surface area contributed by atoms with Gasteiger partial charge in [0.2, 0.25) is 0 Å². The quantitative estimate of drug-likeness (QED) is 0.663. The van der Waals surface area contributed by atoms with Crippen molar-refractivity contribution in [3.63, 3.8) is 0 Å². The molecule has 1 N–H and O–H groups in total. The molecule has 0 aliphatic carbocycles. The van der Waals surface area contributed by atoms with Gasteiger partial charge in [0.25, 0.3) is 5.91 Å². The Labute approximate surface area is 167 Å². The molecule has 2 aromatic heterocycles. The molecule has 1 amide bonds. The molecule has 1 fully saturated rings. The normalized spacial score (nSPS) is 16.6. The SMILES string of the molecule is Cl.Cn1ccnc1C1CNCCN1C(=O)COc1ccc2ccc(=O)oc2c1. The van der Waals surface area contributed by atoms with Crippen molar-refractivity contribution in [2.45, 2.75) is 6.04 Å². The lowest BCUT2D eigenvalue weighted by atomic mass is 10.1. The molecule has 0 saturated carbocycles. The number of benzene rings is 1. The van der Waals surface area contributed by atoms with Gasteiger partial charge in [-0.3, -0.25) is 4.79 Å². The minimum Gasteiger partial charge on any atom is -0.484 e. The zero-order valence-corrected chi connectivity index (χ0v) is 16.1. The smallest absolute Gasteiger partial charge is 0.336 e. The number of hydrogen-bond donors (Lipinski definition) is 1. The molecule has 1 aliphatic heterocycles. The number of aryl methyl sites for hydroxylation is 1. The molecule has 4 rings (SSSR count). The van der Waals surface area contributed by atoms with Crippen LogP contribution in [0.5, 0.6) is 5.75 Å². The number of nitrogens with zero attached hydrogens (tertiary/aromatic N) is 3. The Morgan fingerprint density at radius 1 is 1.36 bits per heavy atom. The molecular weight excluding hydrogens is 384 g/mol. The maximum absolute atomic E-state index is 12.8. The first kappa shape index (κ1) is 19.9. The van der Waals surface area contributed by atoms with E-state index in [1.807, 2.05) is 17.8 Å². The van der Waals surface area contributed by atoms with Crippen LogP contribution in [0, 0.1) is 0 Å². The Kier molecular flexibility index (Phi) is 6.01. The highest BCUT2D eigenvalue weighted by Crippen LogP contribution is 2.22. The van der Waals surface area contributed by atoms with Crippen molar-refractivity contribution in [1.29, 1.82) is 0 Å². The summed E-state index contributed by atoms with van der Waals surface area (Å²) in [6, 6.07) is 8.09. The summed E-state index contributed by atoms with van der Waals surface area (Å²) in [6.45, 7) is 1.88. The Morgan fingerprint density at radius 3 is 2.96 bits per heavy atom. The lowest BCUT2D eigenvalue weighted by Crippen LogP contribution is -2.50. The van der Waals surface area contributed by atoms with E-state index in [2.05, 4.69) is 10.3 Å². The monoisotopic (exact) mass is 404 g/mol. The Balaban J connectivity index is 0.00000225. The minimum atomic E-state index is -0.422. The maximum Gasteiger partial charge on any atom is 0.336 e. The number of amides is 1. The molecule has 9 heteroatoms. The summed E-state index contributed by atoms with van der Waals surface area (Å²) in [5, 5.41) is 4.10. The number of carbonyl (C=O) groups excluding carboxylic acids is 1. The largest absolute Gasteiger partial charge is 0.484 e. The van der Waals surface area contributed by atoms with E-state index in [9.17, 15) is 9.59 Å². The molecular formula is C19H21ClN4O4. The van der Waals surface area contributed by atoms with Crippen LogP contribution < -0.4 is 15.7 Å². The van der Waals surface area contributed by atoms with Gasteiger partial charge in [-0.25, -0.2) is 9.78 Å². The highest BCUT2D eigenvalue weighted by molar-refractivity contribution is 5.85. The average molecular weight is 405 g/mol. The third-order valence-electron chi connectivity index (χ3n) is 4.68. The van der Waals surface area contributed by atoms with Crippen molar-refractivity contribution in [3.8, 4) is 5.75 Å². The van der Waals surface area contributed by atoms with Gasteiger partial charge in [-0.05, 0) is 18.2 Å². The maximum atomic E-state index is 12.8. The Morgan fingerprint density at radius 2 is 2.18 bits per heavy atom. The van der Waals surface area contributed by atoms with Crippen molar-refractivity contribution in [1.82, 2.24) is 19.8 Å². The van der Waals surface area contributed by atoms with Gasteiger partial charge in [0.15, 0.2) is 6.61 Å². The second-order valence-electron chi connectivity index (χ2n) is 6.45. The van der Waals surface area contributed by atoms with Crippen LogP contribution in [0.2, 0.25) is 0 Å². The van der Waals surface area contributed by atoms with Crippen LogP contribution in [0.1, 0.15) is 11.9 Å². The molecule has 3 heterocycles. The number of aromatic nitrogens is 2. The van der Waals surface area contributed by atoms with Crippen molar-refractivity contribution < 1.29 is 13.9 Å². The molecule has 3 aromatic rings. The van der Waals surface area contributed by atoms with E-state index in [1.165, 1.54) is 6.07 Å². The highest BCUT2D eigenvalue weighted by Gasteiger charge is 2.30. The number of hydrogen-bond acceptors (Lipinski definition) is 6. The fraction of sp³-hybridized carbons (Fsp3) is 0.316. The lowest BCUT2D eigenvalue weighted by molar-refractivity contribution is -0.137. The van der Waals surface area contributed by atoms with E-state index in [4.69, 9.17) is 9.15 Å². The molecule has 1 aliphatic rings. The third kappa shape index (κ3) is 4.02. The topological polar surface area (TPSA) is 89.6 Å². The van der Waals surface area contributed by atoms with Gasteiger partial charge in [0, 0.05) is 56.6 Å². The number of nitrogens with one attached hydrogen (secondary N) is 1. The summed E-state index contributed by atoms with van der Waals surface area (Å²) in [5.41, 5.74) is 0.00922. The fourth-order valence-electron chi connectivity index (χ4n) is 3.29. The van der Waals surface area contributed by atoms with E-state index in [0.717, 1.165) is 17.8 Å². The number of imidazole rings is 1. The van der Waals surface area contributed by atoms with Gasteiger partial charge in [0.1, 0.15) is 23.2 Å². The predicted octanol–water partition coefficient (Wildman–Crippen LogP) is 1.50. The first-order valence-corrected chi connectivity index (χ1v) is 8.76. The third-order valence-corrected chi connectivity index (χ3v) is 4.68. The van der Waals surface area contributed by atoms with Gasteiger partial charge in [-0.1, -0.05) is 0 Å². The molecule has 1 aromatic carbocycles. The van der Waals surface area contributed by atoms with Crippen LogP contribution >= 0.6 is 12.4 Å². The van der Waals surface area contributed by atoms with Crippen molar-refractivity contribution in [2.24, 2.45) is 7.05 Å². The first-order chi connectivity index (χ1) is 13.1. The number of halogens is 1. The molecule has 148 valence electrons. The molecule has 28 heavy (non-hydrogen) atoms.